The van der Waals surface area contributed by atoms with E-state index in [0.717, 1.165) is 21.4 Å². The molecule has 27 heavy (non-hydrogen) atoms. The van der Waals surface area contributed by atoms with Crippen molar-refractivity contribution >= 4 is 22.7 Å². The lowest BCUT2D eigenvalue weighted by Gasteiger charge is -2.17. The Morgan fingerprint density at radius 2 is 2.07 bits per heavy atom. The molecule has 10 nitrogen and oxygen atoms in total. The third-order valence-corrected chi connectivity index (χ3v) is 3.95. The topological polar surface area (TPSA) is 122 Å². The van der Waals surface area contributed by atoms with Gasteiger partial charge in [-0.05, 0) is 23.8 Å². The number of fused-ring (bicyclic) bond motifs is 1. The van der Waals surface area contributed by atoms with Gasteiger partial charge >= 0.3 is 6.09 Å². The molecular weight excluding hydrogens is 350 g/mol. The number of anilines is 1. The molecule has 1 amide bonds. The Labute approximate surface area is 152 Å². The van der Waals surface area contributed by atoms with Crippen molar-refractivity contribution in [3.63, 3.8) is 0 Å². The number of hydrogen-bond donors (Lipinski definition) is 2. The van der Waals surface area contributed by atoms with Crippen molar-refractivity contribution in [1.82, 2.24) is 30.6 Å². The highest BCUT2D eigenvalue weighted by Gasteiger charge is 2.18. The number of carbonyl (C=O) groups is 1. The maximum atomic E-state index is 11.6. The van der Waals surface area contributed by atoms with Gasteiger partial charge in [0.25, 0.3) is 0 Å². The van der Waals surface area contributed by atoms with Gasteiger partial charge in [0.05, 0.1) is 12.7 Å². The number of benzene rings is 2. The van der Waals surface area contributed by atoms with Gasteiger partial charge in [-0.3, -0.25) is 4.90 Å². The number of nitrogens with one attached hydrogen (secondary N) is 1. The van der Waals surface area contributed by atoms with Crippen LogP contribution < -0.4 is 9.74 Å². The van der Waals surface area contributed by atoms with E-state index < -0.39 is 6.09 Å². The van der Waals surface area contributed by atoms with Crippen LogP contribution in [0.4, 0.5) is 10.5 Å². The molecule has 0 radical (unpaired) electrons. The first kappa shape index (κ1) is 16.5. The minimum absolute atomic E-state index is 0.0179. The number of amides is 1. The van der Waals surface area contributed by atoms with Crippen LogP contribution in [0.15, 0.2) is 54.7 Å². The number of hydrogen-bond acceptors (Lipinski definition) is 6. The monoisotopic (exact) mass is 365 g/mol. The molecule has 0 fully saturated rings. The lowest BCUT2D eigenvalue weighted by Crippen LogP contribution is -2.29. The van der Waals surface area contributed by atoms with Gasteiger partial charge in [-0.25, -0.2) is 4.79 Å². The number of carboxylic acid groups (broad SMARTS) is 1. The second kappa shape index (κ2) is 7.12. The molecule has 4 aromatic rings. The maximum Gasteiger partial charge on any atom is 0.412 e. The molecule has 136 valence electrons. The zero-order chi connectivity index (χ0) is 18.6. The van der Waals surface area contributed by atoms with Gasteiger partial charge in [-0.15, -0.1) is 15.3 Å². The van der Waals surface area contributed by atoms with Crippen LogP contribution in [0.5, 0.6) is 0 Å². The second-order valence-electron chi connectivity index (χ2n) is 5.72. The summed E-state index contributed by atoms with van der Waals surface area (Å²) >= 11 is 0. The normalized spacial score (nSPS) is 10.8. The van der Waals surface area contributed by atoms with Gasteiger partial charge in [0.15, 0.2) is 5.82 Å². The molecule has 10 heteroatoms. The lowest BCUT2D eigenvalue weighted by molar-refractivity contribution is 0.0795. The summed E-state index contributed by atoms with van der Waals surface area (Å²) in [6, 6.07) is 14.9. The molecule has 0 spiro atoms. The Balaban J connectivity index is 1.56. The quantitative estimate of drug-likeness (QED) is 0.535. The number of aromatic amines is 1. The minimum atomic E-state index is -1.12. The fourth-order valence-electron chi connectivity index (χ4n) is 2.64. The zero-order valence-corrected chi connectivity index (χ0v) is 14.1. The Kier molecular flexibility index (Phi) is 4.35. The smallest absolute Gasteiger partial charge is 0.412 e. The molecule has 4 rings (SSSR count). The van der Waals surface area contributed by atoms with Gasteiger partial charge in [0, 0.05) is 11.1 Å². The Morgan fingerprint density at radius 1 is 1.22 bits per heavy atom. The van der Waals surface area contributed by atoms with Gasteiger partial charge in [0.2, 0.25) is 0 Å². The summed E-state index contributed by atoms with van der Waals surface area (Å²) in [6.07, 6.45) is 0.505. The van der Waals surface area contributed by atoms with Crippen LogP contribution in [0.25, 0.3) is 10.9 Å². The summed E-state index contributed by atoms with van der Waals surface area (Å²) in [6.45, 7) is 0.356. The first-order valence-corrected chi connectivity index (χ1v) is 8.08. The number of rotatable bonds is 6. The second-order valence-corrected chi connectivity index (χ2v) is 5.72. The number of tetrazole rings is 1. The maximum absolute atomic E-state index is 11.6. The molecule has 2 aromatic heterocycles. The van der Waals surface area contributed by atoms with Crippen molar-refractivity contribution in [2.24, 2.45) is 0 Å². The molecule has 2 heterocycles. The van der Waals surface area contributed by atoms with E-state index in [1.165, 1.54) is 4.85 Å². The first-order valence-electron chi connectivity index (χ1n) is 8.08. The van der Waals surface area contributed by atoms with Crippen LogP contribution in [-0.2, 0) is 13.2 Å². The van der Waals surface area contributed by atoms with Crippen molar-refractivity contribution in [1.29, 1.82) is 0 Å². The van der Waals surface area contributed by atoms with Crippen LogP contribution in [-0.4, -0.2) is 41.8 Å². The summed E-state index contributed by atoms with van der Waals surface area (Å²) in [7, 11) is 0. The van der Waals surface area contributed by atoms with Crippen LogP contribution >= 0.6 is 0 Å². The third kappa shape index (κ3) is 3.54. The summed E-state index contributed by atoms with van der Waals surface area (Å²) in [5.74, 6) is 0.277. The Bertz CT molecular complexity index is 1050. The Hall–Kier alpha value is -3.95. The summed E-state index contributed by atoms with van der Waals surface area (Å²) in [4.78, 5) is 19.9. The van der Waals surface area contributed by atoms with E-state index in [9.17, 15) is 9.90 Å². The first-order chi connectivity index (χ1) is 13.2. The highest BCUT2D eigenvalue weighted by Crippen LogP contribution is 2.23. The third-order valence-electron chi connectivity index (χ3n) is 3.95. The molecule has 0 unspecified atom stereocenters. The SMILES string of the molecule is O=C(O)N(Cc1nn[nH]n1)c1ccc2c(cnn2OCc2ccccc2)c1. The molecule has 0 aliphatic rings. The number of aromatic nitrogens is 6. The highest BCUT2D eigenvalue weighted by atomic mass is 16.7. The van der Waals surface area contributed by atoms with Crippen LogP contribution in [0.3, 0.4) is 0 Å². The van der Waals surface area contributed by atoms with Crippen LogP contribution in [0.2, 0.25) is 0 Å². The summed E-state index contributed by atoms with van der Waals surface area (Å²) < 4.78 is 0. The lowest BCUT2D eigenvalue weighted by atomic mass is 10.2. The van der Waals surface area contributed by atoms with Crippen molar-refractivity contribution in [3.05, 3.63) is 66.1 Å². The summed E-state index contributed by atoms with van der Waals surface area (Å²) in [5, 5.41) is 27.8. The fourth-order valence-corrected chi connectivity index (χ4v) is 2.64. The van der Waals surface area contributed by atoms with E-state index in [-0.39, 0.29) is 12.4 Å². The fraction of sp³-hybridized carbons (Fsp3) is 0.118. The van der Waals surface area contributed by atoms with Crippen molar-refractivity contribution < 1.29 is 14.7 Å². The van der Waals surface area contributed by atoms with E-state index in [1.807, 2.05) is 30.3 Å². The number of H-pyrrole nitrogens is 1. The minimum Gasteiger partial charge on any atom is -0.465 e. The molecule has 2 N–H and O–H groups in total. The highest BCUT2D eigenvalue weighted by molar-refractivity contribution is 5.90. The van der Waals surface area contributed by atoms with E-state index >= 15 is 0 Å². The molecule has 2 aromatic carbocycles. The number of nitrogens with zero attached hydrogens (tertiary/aromatic N) is 6. The van der Waals surface area contributed by atoms with Crippen molar-refractivity contribution in [2.45, 2.75) is 13.2 Å². The molecular formula is C17H15N7O3. The average molecular weight is 365 g/mol. The van der Waals surface area contributed by atoms with E-state index in [2.05, 4.69) is 25.7 Å². The largest absolute Gasteiger partial charge is 0.465 e. The standard InChI is InChI=1S/C17H15N7O3/c25-17(26)23(10-16-19-21-22-20-16)14-6-7-15-13(8-14)9-18-24(15)27-11-12-4-2-1-3-5-12/h1-9H,10-11H2,(H,25,26)(H,19,20,21,22). The predicted octanol–water partition coefficient (Wildman–Crippen LogP) is 1.86. The molecule has 0 aliphatic heterocycles. The predicted molar refractivity (Wildman–Crippen MR) is 94.8 cm³/mol. The zero-order valence-electron chi connectivity index (χ0n) is 14.1. The van der Waals surface area contributed by atoms with Gasteiger partial charge in [-0.1, -0.05) is 40.4 Å². The van der Waals surface area contributed by atoms with Crippen molar-refractivity contribution in [2.75, 3.05) is 4.90 Å². The van der Waals surface area contributed by atoms with Crippen LogP contribution in [0, 0.1) is 0 Å². The van der Waals surface area contributed by atoms with Crippen molar-refractivity contribution in [3.8, 4) is 0 Å². The van der Waals surface area contributed by atoms with E-state index in [0.29, 0.717) is 12.3 Å². The van der Waals surface area contributed by atoms with E-state index in [1.54, 1.807) is 24.4 Å². The van der Waals surface area contributed by atoms with Gasteiger partial charge < -0.3 is 9.94 Å². The molecule has 0 bridgehead atoms. The van der Waals surface area contributed by atoms with Gasteiger partial charge in [0.1, 0.15) is 12.1 Å². The average Bonchev–Trinajstić information content (AvgIpc) is 3.34. The molecule has 0 atom stereocenters. The Morgan fingerprint density at radius 3 is 2.81 bits per heavy atom. The summed E-state index contributed by atoms with van der Waals surface area (Å²) in [5.41, 5.74) is 2.23. The van der Waals surface area contributed by atoms with Crippen LogP contribution in [0.1, 0.15) is 11.4 Å². The van der Waals surface area contributed by atoms with Gasteiger partial charge in [-0.2, -0.15) is 5.21 Å². The molecule has 0 aliphatic carbocycles. The van der Waals surface area contributed by atoms with E-state index in [4.69, 9.17) is 4.84 Å². The molecule has 0 saturated heterocycles. The molecule has 0 saturated carbocycles.